The summed E-state index contributed by atoms with van der Waals surface area (Å²) in [6.07, 6.45) is 7.72. The Bertz CT molecular complexity index is 1350. The molecule has 3 nitrogen and oxygen atoms in total. The molecule has 0 amide bonds. The van der Waals surface area contributed by atoms with Crippen molar-refractivity contribution < 1.29 is 0 Å². The van der Waals surface area contributed by atoms with Crippen molar-refractivity contribution in [3.05, 3.63) is 139 Å². The van der Waals surface area contributed by atoms with Crippen LogP contribution < -0.4 is 11.1 Å². The molecule has 0 heterocycles. The molecule has 0 aliphatic carbocycles. The van der Waals surface area contributed by atoms with Gasteiger partial charge in [0.2, 0.25) is 0 Å². The van der Waals surface area contributed by atoms with E-state index in [9.17, 15) is 0 Å². The van der Waals surface area contributed by atoms with Crippen LogP contribution in [0.15, 0.2) is 121 Å². The quantitative estimate of drug-likeness (QED) is 0.232. The van der Waals surface area contributed by atoms with Crippen LogP contribution >= 0.6 is 0 Å². The van der Waals surface area contributed by atoms with Gasteiger partial charge in [-0.15, -0.1) is 0 Å². The molecule has 0 aliphatic heterocycles. The van der Waals surface area contributed by atoms with E-state index in [1.165, 1.54) is 5.57 Å². The predicted octanol–water partition coefficient (Wildman–Crippen LogP) is 7.98. The van der Waals surface area contributed by atoms with Crippen LogP contribution in [-0.2, 0) is 0 Å². The van der Waals surface area contributed by atoms with Gasteiger partial charge in [-0.05, 0) is 55.2 Å². The van der Waals surface area contributed by atoms with Gasteiger partial charge in [-0.25, -0.2) is 0 Å². The summed E-state index contributed by atoms with van der Waals surface area (Å²) in [6, 6.07) is 22.7. The molecule has 0 atom stereocenters. The second-order valence-corrected chi connectivity index (χ2v) is 8.78. The van der Waals surface area contributed by atoms with Gasteiger partial charge in [0, 0.05) is 34.8 Å². The minimum absolute atomic E-state index is 0.554. The standard InChI is InChI=1S/C33H35N3/c1-7-8-10-14-23(2)22-35-27(6)33-30(28-15-11-9-12-16-28)17-13-18-32(33)36-26(5)29-20-19-24(3)31(21-29)25(4)34/h7-21,35H,1,4,6,22,34H2,2-3,5H3/b10-8-,23-14+,36-26?. The minimum Gasteiger partial charge on any atom is -0.399 e. The first-order valence-electron chi connectivity index (χ1n) is 12.0. The molecule has 0 saturated carbocycles. The second kappa shape index (κ2) is 12.4. The van der Waals surface area contributed by atoms with E-state index in [2.05, 4.69) is 74.5 Å². The highest BCUT2D eigenvalue weighted by Crippen LogP contribution is 2.35. The fourth-order valence-corrected chi connectivity index (χ4v) is 3.94. The molecule has 182 valence electrons. The van der Waals surface area contributed by atoms with Crippen molar-refractivity contribution >= 4 is 22.8 Å². The lowest BCUT2D eigenvalue weighted by Crippen LogP contribution is -2.14. The van der Waals surface area contributed by atoms with E-state index in [1.807, 2.05) is 56.3 Å². The molecule has 0 fully saturated rings. The number of benzene rings is 3. The number of nitrogens with two attached hydrogens (primary N) is 1. The van der Waals surface area contributed by atoms with Crippen molar-refractivity contribution in [3.63, 3.8) is 0 Å². The molecule has 3 aromatic rings. The number of nitrogens with zero attached hydrogens (tertiary/aromatic N) is 1. The molecule has 36 heavy (non-hydrogen) atoms. The summed E-state index contributed by atoms with van der Waals surface area (Å²) in [5.41, 5.74) is 16.5. The zero-order chi connectivity index (χ0) is 26.1. The number of hydrogen-bond acceptors (Lipinski definition) is 3. The normalized spacial score (nSPS) is 12.0. The van der Waals surface area contributed by atoms with Crippen LogP contribution in [0.3, 0.4) is 0 Å². The highest BCUT2D eigenvalue weighted by atomic mass is 14.9. The van der Waals surface area contributed by atoms with E-state index >= 15 is 0 Å². The topological polar surface area (TPSA) is 50.4 Å². The van der Waals surface area contributed by atoms with Gasteiger partial charge in [-0.1, -0.05) is 104 Å². The second-order valence-electron chi connectivity index (χ2n) is 8.78. The zero-order valence-corrected chi connectivity index (χ0v) is 21.5. The predicted molar refractivity (Wildman–Crippen MR) is 158 cm³/mol. The van der Waals surface area contributed by atoms with Crippen LogP contribution in [0.5, 0.6) is 0 Å². The molecule has 3 aromatic carbocycles. The third-order valence-corrected chi connectivity index (χ3v) is 5.93. The summed E-state index contributed by atoms with van der Waals surface area (Å²) in [4.78, 5) is 5.06. The number of allylic oxidation sites excluding steroid dienone is 4. The summed E-state index contributed by atoms with van der Waals surface area (Å²) in [6.45, 7) is 18.8. The largest absolute Gasteiger partial charge is 0.399 e. The molecule has 0 aliphatic rings. The third kappa shape index (κ3) is 6.61. The van der Waals surface area contributed by atoms with Crippen LogP contribution in [0.4, 0.5) is 5.69 Å². The summed E-state index contributed by atoms with van der Waals surface area (Å²) in [7, 11) is 0. The molecular formula is C33H35N3. The number of aryl methyl sites for hydroxylation is 1. The lowest BCUT2D eigenvalue weighted by molar-refractivity contribution is 0.958. The Morgan fingerprint density at radius 1 is 0.972 bits per heavy atom. The molecule has 3 heteroatoms. The maximum Gasteiger partial charge on any atom is 0.0732 e. The minimum atomic E-state index is 0.554. The van der Waals surface area contributed by atoms with Crippen molar-refractivity contribution in [2.24, 2.45) is 10.7 Å². The molecule has 0 aromatic heterocycles. The van der Waals surface area contributed by atoms with Crippen LogP contribution in [0.1, 0.15) is 36.1 Å². The number of nitrogens with one attached hydrogen (secondary N) is 1. The van der Waals surface area contributed by atoms with Crippen molar-refractivity contribution in [3.8, 4) is 11.1 Å². The van der Waals surface area contributed by atoms with E-state index < -0.39 is 0 Å². The Balaban J connectivity index is 2.06. The third-order valence-electron chi connectivity index (χ3n) is 5.93. The number of rotatable bonds is 10. The summed E-state index contributed by atoms with van der Waals surface area (Å²) < 4.78 is 0. The van der Waals surface area contributed by atoms with Crippen molar-refractivity contribution in [2.45, 2.75) is 20.8 Å². The van der Waals surface area contributed by atoms with Crippen LogP contribution in [0, 0.1) is 6.92 Å². The maximum absolute atomic E-state index is 6.01. The van der Waals surface area contributed by atoms with E-state index in [1.54, 1.807) is 6.08 Å². The summed E-state index contributed by atoms with van der Waals surface area (Å²) >= 11 is 0. The van der Waals surface area contributed by atoms with Crippen molar-refractivity contribution in [1.29, 1.82) is 0 Å². The lowest BCUT2D eigenvalue weighted by Gasteiger charge is -2.18. The zero-order valence-electron chi connectivity index (χ0n) is 21.5. The fraction of sp³-hybridized carbons (Fsp3) is 0.121. The number of aliphatic imine (C=N–C) groups is 1. The van der Waals surface area contributed by atoms with E-state index in [-0.39, 0.29) is 0 Å². The first-order chi connectivity index (χ1) is 17.3. The highest BCUT2D eigenvalue weighted by molar-refractivity contribution is 6.02. The Labute approximate surface area is 215 Å². The monoisotopic (exact) mass is 473 g/mol. The molecular weight excluding hydrogens is 438 g/mol. The Hall–Kier alpha value is -4.37. The van der Waals surface area contributed by atoms with Crippen molar-refractivity contribution in [1.82, 2.24) is 5.32 Å². The maximum atomic E-state index is 6.01. The van der Waals surface area contributed by atoms with E-state index in [4.69, 9.17) is 10.7 Å². The average molecular weight is 474 g/mol. The highest BCUT2D eigenvalue weighted by Gasteiger charge is 2.14. The molecule has 0 bridgehead atoms. The van der Waals surface area contributed by atoms with E-state index in [0.29, 0.717) is 12.2 Å². The number of hydrogen-bond donors (Lipinski definition) is 2. The Morgan fingerprint density at radius 3 is 2.42 bits per heavy atom. The van der Waals surface area contributed by atoms with Gasteiger partial charge in [0.1, 0.15) is 0 Å². The van der Waals surface area contributed by atoms with E-state index in [0.717, 1.165) is 50.5 Å². The SMILES string of the molecule is C=C/C=C\C=C(/C)CNC(=C)c1c(N=C(C)c2ccc(C)c(C(=C)N)c2)cccc1-c1ccccc1. The molecule has 3 N–H and O–H groups in total. The molecule has 0 radical (unpaired) electrons. The van der Waals surface area contributed by atoms with Crippen LogP contribution in [-0.4, -0.2) is 12.3 Å². The first kappa shape index (κ1) is 26.2. The summed E-state index contributed by atoms with van der Waals surface area (Å²) in [5, 5.41) is 3.50. The van der Waals surface area contributed by atoms with Crippen LogP contribution in [0.25, 0.3) is 22.5 Å². The molecule has 0 spiro atoms. The van der Waals surface area contributed by atoms with Gasteiger partial charge in [0.15, 0.2) is 0 Å². The molecule has 3 rings (SSSR count). The van der Waals surface area contributed by atoms with Gasteiger partial charge in [0.05, 0.1) is 5.69 Å². The average Bonchev–Trinajstić information content (AvgIpc) is 2.88. The van der Waals surface area contributed by atoms with Gasteiger partial charge < -0.3 is 11.1 Å². The van der Waals surface area contributed by atoms with Crippen molar-refractivity contribution in [2.75, 3.05) is 6.54 Å². The van der Waals surface area contributed by atoms with Crippen LogP contribution in [0.2, 0.25) is 0 Å². The van der Waals surface area contributed by atoms with Gasteiger partial charge in [-0.3, -0.25) is 4.99 Å². The summed E-state index contributed by atoms with van der Waals surface area (Å²) in [5.74, 6) is 0. The first-order valence-corrected chi connectivity index (χ1v) is 12.0. The van der Waals surface area contributed by atoms with Gasteiger partial charge in [-0.2, -0.15) is 0 Å². The molecule has 0 unspecified atom stereocenters. The molecule has 0 saturated heterocycles. The Kier molecular flexibility index (Phi) is 9.01. The Morgan fingerprint density at radius 2 is 1.72 bits per heavy atom. The van der Waals surface area contributed by atoms with Gasteiger partial charge in [0.25, 0.3) is 0 Å². The fourth-order valence-electron chi connectivity index (χ4n) is 3.94. The smallest absolute Gasteiger partial charge is 0.0732 e. The lowest BCUT2D eigenvalue weighted by atomic mass is 9.96. The van der Waals surface area contributed by atoms with Gasteiger partial charge >= 0.3 is 0 Å².